The van der Waals surface area contributed by atoms with Crippen molar-refractivity contribution in [3.05, 3.63) is 59.7 Å². The predicted molar refractivity (Wildman–Crippen MR) is 144 cm³/mol. The number of carbonyl (C=O) groups is 2. The van der Waals surface area contributed by atoms with Crippen molar-refractivity contribution in [3.8, 4) is 5.75 Å². The Morgan fingerprint density at radius 1 is 0.833 bits per heavy atom. The first-order valence-electron chi connectivity index (χ1n) is 13.3. The largest absolute Gasteiger partial charge is 0.492 e. The molecule has 7 heteroatoms. The monoisotopic (exact) mass is 492 g/mol. The lowest BCUT2D eigenvalue weighted by Gasteiger charge is -2.27. The average molecular weight is 493 g/mol. The van der Waals surface area contributed by atoms with Crippen molar-refractivity contribution in [2.45, 2.75) is 39.2 Å². The van der Waals surface area contributed by atoms with Crippen LogP contribution in [0.5, 0.6) is 5.75 Å². The molecule has 0 unspecified atom stereocenters. The molecule has 0 spiro atoms. The molecule has 0 N–H and O–H groups in total. The molecule has 2 heterocycles. The van der Waals surface area contributed by atoms with E-state index in [2.05, 4.69) is 16.8 Å². The number of benzene rings is 2. The Morgan fingerprint density at radius 3 is 2.33 bits per heavy atom. The topological polar surface area (TPSA) is 56.3 Å². The van der Waals surface area contributed by atoms with Gasteiger partial charge in [-0.15, -0.1) is 0 Å². The lowest BCUT2D eigenvalue weighted by Crippen LogP contribution is -2.37. The minimum absolute atomic E-state index is 0.00769. The van der Waals surface area contributed by atoms with Gasteiger partial charge >= 0.3 is 0 Å². The Kier molecular flexibility index (Phi) is 9.36. The molecule has 1 fully saturated rings. The van der Waals surface area contributed by atoms with E-state index in [0.29, 0.717) is 31.8 Å². The third-order valence-corrected chi connectivity index (χ3v) is 7.21. The van der Waals surface area contributed by atoms with E-state index in [1.54, 1.807) is 6.92 Å². The minimum Gasteiger partial charge on any atom is -0.492 e. The number of fused-ring (bicyclic) bond motifs is 1. The molecule has 2 aromatic rings. The van der Waals surface area contributed by atoms with Crippen molar-refractivity contribution in [3.63, 3.8) is 0 Å². The summed E-state index contributed by atoms with van der Waals surface area (Å²) in [5, 5.41) is 0. The van der Waals surface area contributed by atoms with Gasteiger partial charge < -0.3 is 19.4 Å². The van der Waals surface area contributed by atoms with Crippen LogP contribution in [0.4, 0.5) is 5.69 Å². The summed E-state index contributed by atoms with van der Waals surface area (Å²) in [6.45, 7) is 8.95. The van der Waals surface area contributed by atoms with E-state index >= 15 is 0 Å². The van der Waals surface area contributed by atoms with Crippen molar-refractivity contribution in [1.29, 1.82) is 0 Å². The van der Waals surface area contributed by atoms with E-state index < -0.39 is 0 Å². The van der Waals surface area contributed by atoms with E-state index in [-0.39, 0.29) is 11.8 Å². The Bertz CT molecular complexity index is 1000. The number of carbonyl (C=O) groups excluding carboxylic acids is 2. The first-order valence-corrected chi connectivity index (χ1v) is 13.3. The number of piperidine rings is 1. The van der Waals surface area contributed by atoms with Crippen LogP contribution >= 0.6 is 0 Å². The molecule has 4 rings (SSSR count). The maximum absolute atomic E-state index is 13.6. The molecule has 0 atom stereocenters. The summed E-state index contributed by atoms with van der Waals surface area (Å²) in [6.07, 6.45) is 4.78. The van der Waals surface area contributed by atoms with Gasteiger partial charge in [-0.1, -0.05) is 24.6 Å². The molecule has 36 heavy (non-hydrogen) atoms. The molecule has 2 aromatic carbocycles. The molecule has 0 saturated carbocycles. The van der Waals surface area contributed by atoms with Gasteiger partial charge in [0.1, 0.15) is 12.4 Å². The van der Waals surface area contributed by atoms with Crippen LogP contribution in [-0.4, -0.2) is 86.0 Å². The Labute approximate surface area is 215 Å². The third kappa shape index (κ3) is 7.08. The zero-order chi connectivity index (χ0) is 25.3. The second-order valence-corrected chi connectivity index (χ2v) is 9.96. The van der Waals surface area contributed by atoms with Crippen LogP contribution in [-0.2, 0) is 11.3 Å². The predicted octanol–water partition coefficient (Wildman–Crippen LogP) is 3.88. The van der Waals surface area contributed by atoms with Gasteiger partial charge in [0.05, 0.1) is 0 Å². The van der Waals surface area contributed by atoms with Crippen molar-refractivity contribution in [1.82, 2.24) is 14.7 Å². The van der Waals surface area contributed by atoms with Gasteiger partial charge in [-0.25, -0.2) is 0 Å². The highest BCUT2D eigenvalue weighted by Crippen LogP contribution is 2.24. The second kappa shape index (κ2) is 12.9. The molecule has 194 valence electrons. The molecule has 7 nitrogen and oxygen atoms in total. The Hall–Kier alpha value is -2.90. The lowest BCUT2D eigenvalue weighted by molar-refractivity contribution is -0.116. The molecule has 0 aromatic heterocycles. The normalized spacial score (nSPS) is 18.3. The van der Waals surface area contributed by atoms with Gasteiger partial charge in [-0.3, -0.25) is 14.5 Å². The molecular formula is C29H40N4O3. The summed E-state index contributed by atoms with van der Waals surface area (Å²) < 4.78 is 5.95. The van der Waals surface area contributed by atoms with E-state index in [4.69, 9.17) is 4.74 Å². The molecule has 0 radical (unpaired) electrons. The number of para-hydroxylation sites is 1. The van der Waals surface area contributed by atoms with Crippen LogP contribution in [0.3, 0.4) is 0 Å². The second-order valence-electron chi connectivity index (χ2n) is 9.96. The molecule has 0 aliphatic carbocycles. The summed E-state index contributed by atoms with van der Waals surface area (Å²) in [4.78, 5) is 34.5. The maximum Gasteiger partial charge on any atom is 0.254 e. The van der Waals surface area contributed by atoms with Crippen LogP contribution in [0.1, 0.15) is 48.5 Å². The Morgan fingerprint density at radius 2 is 1.58 bits per heavy atom. The van der Waals surface area contributed by atoms with Gasteiger partial charge in [0.2, 0.25) is 5.91 Å². The quantitative estimate of drug-likeness (QED) is 0.634. The van der Waals surface area contributed by atoms with E-state index in [1.807, 2.05) is 58.3 Å². The van der Waals surface area contributed by atoms with E-state index in [0.717, 1.165) is 56.1 Å². The number of hydrogen-bond acceptors (Lipinski definition) is 5. The van der Waals surface area contributed by atoms with Crippen molar-refractivity contribution in [2.75, 3.05) is 64.4 Å². The van der Waals surface area contributed by atoms with Gasteiger partial charge in [0, 0.05) is 50.9 Å². The molecule has 2 amide bonds. The fourth-order valence-corrected chi connectivity index (χ4v) is 5.07. The SMILES string of the molecule is CC(=O)N1CCCN(C)CCN(C(=O)c2ccc(OCCN3CCCCC3)cc2)Cc2ccccc21. The summed E-state index contributed by atoms with van der Waals surface area (Å²) >= 11 is 0. The number of ether oxygens (including phenoxy) is 1. The molecular weight excluding hydrogens is 452 g/mol. The Balaban J connectivity index is 1.45. The van der Waals surface area contributed by atoms with Gasteiger partial charge in [-0.2, -0.15) is 0 Å². The summed E-state index contributed by atoms with van der Waals surface area (Å²) in [6, 6.07) is 15.4. The smallest absolute Gasteiger partial charge is 0.254 e. The molecule has 2 aliphatic heterocycles. The van der Waals surface area contributed by atoms with Crippen molar-refractivity contribution >= 4 is 17.5 Å². The number of rotatable bonds is 5. The molecule has 0 bridgehead atoms. The van der Waals surface area contributed by atoms with Crippen molar-refractivity contribution in [2.24, 2.45) is 0 Å². The fourth-order valence-electron chi connectivity index (χ4n) is 5.07. The number of amides is 2. The van der Waals surface area contributed by atoms with Crippen LogP contribution in [0.25, 0.3) is 0 Å². The zero-order valence-corrected chi connectivity index (χ0v) is 21.8. The van der Waals surface area contributed by atoms with Crippen LogP contribution in [0.2, 0.25) is 0 Å². The van der Waals surface area contributed by atoms with E-state index in [9.17, 15) is 9.59 Å². The van der Waals surface area contributed by atoms with E-state index in [1.165, 1.54) is 19.3 Å². The first kappa shape index (κ1) is 26.2. The first-order chi connectivity index (χ1) is 17.5. The van der Waals surface area contributed by atoms with Crippen LogP contribution < -0.4 is 9.64 Å². The van der Waals surface area contributed by atoms with Crippen molar-refractivity contribution < 1.29 is 14.3 Å². The number of hydrogen-bond donors (Lipinski definition) is 0. The number of anilines is 1. The van der Waals surface area contributed by atoms with Gasteiger partial charge in [0.15, 0.2) is 0 Å². The van der Waals surface area contributed by atoms with Crippen LogP contribution in [0, 0.1) is 0 Å². The zero-order valence-electron chi connectivity index (χ0n) is 21.8. The highest BCUT2D eigenvalue weighted by Gasteiger charge is 2.22. The highest BCUT2D eigenvalue weighted by atomic mass is 16.5. The maximum atomic E-state index is 13.6. The molecule has 2 aliphatic rings. The standard InChI is InChI=1S/C29H40N4O3/c1-24(34)33-18-8-15-30(2)19-20-32(23-26-9-4-5-10-28(26)33)29(35)25-11-13-27(14-12-25)36-22-21-31-16-6-3-7-17-31/h4-5,9-14H,3,6-8,15-23H2,1-2H3. The summed E-state index contributed by atoms with van der Waals surface area (Å²) in [7, 11) is 2.07. The van der Waals surface area contributed by atoms with Gasteiger partial charge in [-0.05, 0) is 81.8 Å². The summed E-state index contributed by atoms with van der Waals surface area (Å²) in [5.41, 5.74) is 2.53. The average Bonchev–Trinajstić information content (AvgIpc) is 2.92. The van der Waals surface area contributed by atoms with Crippen LogP contribution in [0.15, 0.2) is 48.5 Å². The van der Waals surface area contributed by atoms with Gasteiger partial charge in [0.25, 0.3) is 5.91 Å². The number of likely N-dealkylation sites (N-methyl/N-ethyl adjacent to an activating group) is 1. The third-order valence-electron chi connectivity index (χ3n) is 7.21. The lowest BCUT2D eigenvalue weighted by atomic mass is 10.1. The minimum atomic E-state index is -0.00769. The number of likely N-dealkylation sites (tertiary alicyclic amines) is 1. The summed E-state index contributed by atoms with van der Waals surface area (Å²) in [5.74, 6) is 0.813. The molecule has 1 saturated heterocycles. The highest BCUT2D eigenvalue weighted by molar-refractivity contribution is 5.95. The number of nitrogens with zero attached hydrogens (tertiary/aromatic N) is 4. The fraction of sp³-hybridized carbons (Fsp3) is 0.517.